The average molecular weight is 240 g/mol. The zero-order valence-electron chi connectivity index (χ0n) is 11.3. The fourth-order valence-electron chi connectivity index (χ4n) is 3.11. The summed E-state index contributed by atoms with van der Waals surface area (Å²) in [6.45, 7) is 4.91. The summed E-state index contributed by atoms with van der Waals surface area (Å²) in [5.41, 5.74) is 0. The van der Waals surface area contributed by atoms with E-state index in [2.05, 4.69) is 10.2 Å². The lowest BCUT2D eigenvalue weighted by Crippen LogP contribution is -2.38. The van der Waals surface area contributed by atoms with Crippen molar-refractivity contribution in [1.82, 2.24) is 10.2 Å². The summed E-state index contributed by atoms with van der Waals surface area (Å²) in [7, 11) is 1.84. The van der Waals surface area contributed by atoms with Gasteiger partial charge in [-0.25, -0.2) is 0 Å². The third kappa shape index (κ3) is 4.57. The van der Waals surface area contributed by atoms with Crippen LogP contribution in [0, 0.1) is 0 Å². The molecule has 0 aromatic heterocycles. The van der Waals surface area contributed by atoms with E-state index in [0.29, 0.717) is 6.10 Å². The van der Waals surface area contributed by atoms with Crippen molar-refractivity contribution in [3.05, 3.63) is 0 Å². The third-order valence-corrected chi connectivity index (χ3v) is 4.31. The SMILES string of the molecule is COC1CCN(CCCNC2CCCC2)CC1. The molecule has 0 aromatic carbocycles. The van der Waals surface area contributed by atoms with Crippen LogP contribution in [0.3, 0.4) is 0 Å². The molecule has 0 unspecified atom stereocenters. The van der Waals surface area contributed by atoms with Crippen molar-refractivity contribution in [1.29, 1.82) is 0 Å². The first kappa shape index (κ1) is 13.3. The molecule has 1 N–H and O–H groups in total. The highest BCUT2D eigenvalue weighted by Crippen LogP contribution is 2.17. The monoisotopic (exact) mass is 240 g/mol. The Balaban J connectivity index is 1.48. The van der Waals surface area contributed by atoms with Gasteiger partial charge in [-0.15, -0.1) is 0 Å². The highest BCUT2D eigenvalue weighted by atomic mass is 16.5. The second-order valence-corrected chi connectivity index (χ2v) is 5.57. The van der Waals surface area contributed by atoms with Gasteiger partial charge in [0.1, 0.15) is 0 Å². The van der Waals surface area contributed by atoms with Crippen molar-refractivity contribution in [2.75, 3.05) is 33.3 Å². The van der Waals surface area contributed by atoms with Gasteiger partial charge in [-0.05, 0) is 45.2 Å². The summed E-state index contributed by atoms with van der Waals surface area (Å²) in [5.74, 6) is 0. The lowest BCUT2D eigenvalue weighted by molar-refractivity contribution is 0.0408. The lowest BCUT2D eigenvalue weighted by Gasteiger charge is -2.31. The minimum absolute atomic E-state index is 0.517. The zero-order chi connectivity index (χ0) is 11.9. The minimum atomic E-state index is 0.517. The molecule has 1 aliphatic carbocycles. The van der Waals surface area contributed by atoms with Gasteiger partial charge in [-0.3, -0.25) is 0 Å². The molecule has 2 rings (SSSR count). The number of rotatable bonds is 6. The van der Waals surface area contributed by atoms with Gasteiger partial charge in [-0.2, -0.15) is 0 Å². The van der Waals surface area contributed by atoms with Crippen LogP contribution < -0.4 is 5.32 Å². The summed E-state index contributed by atoms with van der Waals surface area (Å²) < 4.78 is 5.39. The molecule has 0 atom stereocenters. The standard InChI is InChI=1S/C14H28N2O/c1-17-14-7-11-16(12-8-14)10-4-9-15-13-5-2-3-6-13/h13-15H,2-12H2,1H3. The highest BCUT2D eigenvalue weighted by molar-refractivity contribution is 4.75. The van der Waals surface area contributed by atoms with Crippen LogP contribution in [0.4, 0.5) is 0 Å². The first-order valence-corrected chi connectivity index (χ1v) is 7.37. The quantitative estimate of drug-likeness (QED) is 0.719. The summed E-state index contributed by atoms with van der Waals surface area (Å²) >= 11 is 0. The van der Waals surface area contributed by atoms with E-state index < -0.39 is 0 Å². The van der Waals surface area contributed by atoms with Crippen molar-refractivity contribution < 1.29 is 4.74 Å². The molecule has 1 aliphatic heterocycles. The molecule has 1 saturated heterocycles. The van der Waals surface area contributed by atoms with Crippen LogP contribution in [0.1, 0.15) is 44.9 Å². The summed E-state index contributed by atoms with van der Waals surface area (Å²) in [4.78, 5) is 2.59. The lowest BCUT2D eigenvalue weighted by atomic mass is 10.1. The molecule has 100 valence electrons. The second kappa shape index (κ2) is 7.34. The molecule has 0 aromatic rings. The van der Waals surface area contributed by atoms with Crippen molar-refractivity contribution in [2.24, 2.45) is 0 Å². The van der Waals surface area contributed by atoms with Gasteiger partial charge in [0.05, 0.1) is 6.10 Å². The minimum Gasteiger partial charge on any atom is -0.381 e. The summed E-state index contributed by atoms with van der Waals surface area (Å²) in [6, 6.07) is 0.828. The van der Waals surface area contributed by atoms with Gasteiger partial charge in [0.25, 0.3) is 0 Å². The number of hydrogen-bond acceptors (Lipinski definition) is 3. The fourth-order valence-corrected chi connectivity index (χ4v) is 3.11. The second-order valence-electron chi connectivity index (χ2n) is 5.57. The molecule has 17 heavy (non-hydrogen) atoms. The Kier molecular flexibility index (Phi) is 5.75. The highest BCUT2D eigenvalue weighted by Gasteiger charge is 2.18. The predicted octanol–water partition coefficient (Wildman–Crippen LogP) is 2.02. The molecular formula is C14H28N2O. The average Bonchev–Trinajstić information content (AvgIpc) is 2.88. The van der Waals surface area contributed by atoms with Gasteiger partial charge in [0, 0.05) is 26.2 Å². The van der Waals surface area contributed by atoms with Crippen LogP contribution in [0.5, 0.6) is 0 Å². The van der Waals surface area contributed by atoms with E-state index >= 15 is 0 Å². The van der Waals surface area contributed by atoms with Crippen molar-refractivity contribution >= 4 is 0 Å². The van der Waals surface area contributed by atoms with Crippen LogP contribution in [0.15, 0.2) is 0 Å². The Morgan fingerprint density at radius 3 is 2.47 bits per heavy atom. The van der Waals surface area contributed by atoms with E-state index in [9.17, 15) is 0 Å². The fraction of sp³-hybridized carbons (Fsp3) is 1.00. The summed E-state index contributed by atoms with van der Waals surface area (Å²) in [5, 5.41) is 3.69. The van der Waals surface area contributed by atoms with Crippen molar-refractivity contribution in [2.45, 2.75) is 57.1 Å². The third-order valence-electron chi connectivity index (χ3n) is 4.31. The molecule has 2 aliphatic rings. The van der Waals surface area contributed by atoms with Gasteiger partial charge >= 0.3 is 0 Å². The maximum atomic E-state index is 5.39. The van der Waals surface area contributed by atoms with E-state index in [1.54, 1.807) is 0 Å². The molecule has 0 radical (unpaired) electrons. The van der Waals surface area contributed by atoms with E-state index in [0.717, 1.165) is 6.04 Å². The number of methoxy groups -OCH3 is 1. The van der Waals surface area contributed by atoms with Crippen molar-refractivity contribution in [3.63, 3.8) is 0 Å². The maximum Gasteiger partial charge on any atom is 0.0595 e. The van der Waals surface area contributed by atoms with Crippen LogP contribution in [0.2, 0.25) is 0 Å². The topological polar surface area (TPSA) is 24.5 Å². The molecule has 3 nitrogen and oxygen atoms in total. The number of nitrogens with one attached hydrogen (secondary N) is 1. The molecule has 3 heteroatoms. The van der Waals surface area contributed by atoms with E-state index in [1.165, 1.54) is 71.1 Å². The Morgan fingerprint density at radius 1 is 1.12 bits per heavy atom. The number of piperidine rings is 1. The molecule has 1 heterocycles. The number of ether oxygens (including phenoxy) is 1. The van der Waals surface area contributed by atoms with Crippen LogP contribution in [-0.4, -0.2) is 50.3 Å². The summed E-state index contributed by atoms with van der Waals surface area (Å²) in [6.07, 6.45) is 9.92. The number of likely N-dealkylation sites (tertiary alicyclic amines) is 1. The Hall–Kier alpha value is -0.120. The Morgan fingerprint density at radius 2 is 1.82 bits per heavy atom. The van der Waals surface area contributed by atoms with Crippen LogP contribution in [-0.2, 0) is 4.74 Å². The van der Waals surface area contributed by atoms with Gasteiger partial charge in [-0.1, -0.05) is 12.8 Å². The zero-order valence-corrected chi connectivity index (χ0v) is 11.3. The Bertz CT molecular complexity index is 196. The normalized spacial score (nSPS) is 24.5. The van der Waals surface area contributed by atoms with Crippen LogP contribution in [0.25, 0.3) is 0 Å². The maximum absolute atomic E-state index is 5.39. The van der Waals surface area contributed by atoms with E-state index in [1.807, 2.05) is 7.11 Å². The Labute approximate surface area is 106 Å². The first-order valence-electron chi connectivity index (χ1n) is 7.37. The van der Waals surface area contributed by atoms with E-state index in [4.69, 9.17) is 4.74 Å². The smallest absolute Gasteiger partial charge is 0.0595 e. The van der Waals surface area contributed by atoms with Gasteiger partial charge in [0.15, 0.2) is 0 Å². The number of hydrogen-bond donors (Lipinski definition) is 1. The van der Waals surface area contributed by atoms with Crippen molar-refractivity contribution in [3.8, 4) is 0 Å². The predicted molar refractivity (Wildman–Crippen MR) is 71.3 cm³/mol. The molecule has 2 fully saturated rings. The van der Waals surface area contributed by atoms with Crippen LogP contribution >= 0.6 is 0 Å². The largest absolute Gasteiger partial charge is 0.381 e. The van der Waals surface area contributed by atoms with Gasteiger partial charge < -0.3 is 15.0 Å². The number of nitrogens with zero attached hydrogens (tertiary/aromatic N) is 1. The molecule has 0 spiro atoms. The van der Waals surface area contributed by atoms with Gasteiger partial charge in [0.2, 0.25) is 0 Å². The van der Waals surface area contributed by atoms with E-state index in [-0.39, 0.29) is 0 Å². The molecule has 1 saturated carbocycles. The molecule has 0 bridgehead atoms. The molecule has 0 amide bonds. The molecular weight excluding hydrogens is 212 g/mol. The first-order chi connectivity index (χ1) is 8.38.